The summed E-state index contributed by atoms with van der Waals surface area (Å²) in [5, 5.41) is 5.21. The quantitative estimate of drug-likeness (QED) is 0.779. The highest BCUT2D eigenvalue weighted by molar-refractivity contribution is 7.13. The summed E-state index contributed by atoms with van der Waals surface area (Å²) >= 11 is 1.71. The zero-order valence-electron chi connectivity index (χ0n) is 17.0. The van der Waals surface area contributed by atoms with Crippen molar-refractivity contribution < 1.29 is 9.59 Å². The molecule has 1 aliphatic heterocycles. The molecule has 2 amide bonds. The molecule has 0 radical (unpaired) electrons. The van der Waals surface area contributed by atoms with Crippen LogP contribution in [0.25, 0.3) is 10.4 Å². The van der Waals surface area contributed by atoms with Gasteiger partial charge in [0.25, 0.3) is 0 Å². The van der Waals surface area contributed by atoms with Crippen molar-refractivity contribution in [3.8, 4) is 10.4 Å². The summed E-state index contributed by atoms with van der Waals surface area (Å²) in [6.45, 7) is 7.11. The number of nitrogens with one attached hydrogen (secondary N) is 1. The molecule has 0 bridgehead atoms. The summed E-state index contributed by atoms with van der Waals surface area (Å²) < 4.78 is 0. The Hall–Kier alpha value is -2.14. The number of benzene rings is 1. The van der Waals surface area contributed by atoms with Crippen LogP contribution in [0.4, 0.5) is 0 Å². The Bertz CT molecular complexity index is 816. The van der Waals surface area contributed by atoms with E-state index in [0.717, 1.165) is 19.4 Å². The number of amides is 2. The van der Waals surface area contributed by atoms with Gasteiger partial charge in [-0.05, 0) is 55.7 Å². The first-order chi connectivity index (χ1) is 13.4. The van der Waals surface area contributed by atoms with Crippen LogP contribution in [0, 0.1) is 5.41 Å². The van der Waals surface area contributed by atoms with Crippen LogP contribution in [0.5, 0.6) is 0 Å². The Morgan fingerprint density at radius 3 is 2.68 bits per heavy atom. The van der Waals surface area contributed by atoms with Gasteiger partial charge in [-0.3, -0.25) is 9.59 Å². The van der Waals surface area contributed by atoms with Crippen molar-refractivity contribution in [2.24, 2.45) is 5.41 Å². The van der Waals surface area contributed by atoms with Gasteiger partial charge in [-0.1, -0.05) is 37.3 Å². The summed E-state index contributed by atoms with van der Waals surface area (Å²) in [4.78, 5) is 28.8. The van der Waals surface area contributed by atoms with Crippen molar-refractivity contribution in [3.05, 3.63) is 47.3 Å². The van der Waals surface area contributed by atoms with Crippen LogP contribution in [-0.2, 0) is 16.0 Å². The van der Waals surface area contributed by atoms with Gasteiger partial charge in [-0.25, -0.2) is 0 Å². The van der Waals surface area contributed by atoms with Crippen LogP contribution in [0.3, 0.4) is 0 Å². The fraction of sp³-hybridized carbons (Fsp3) is 0.478. The first-order valence-corrected chi connectivity index (χ1v) is 11.0. The number of nitrogens with zero attached hydrogens (tertiary/aromatic N) is 1. The number of hydrogen-bond acceptors (Lipinski definition) is 3. The Morgan fingerprint density at radius 2 is 2.00 bits per heavy atom. The molecule has 1 N–H and O–H groups in total. The first-order valence-electron chi connectivity index (χ1n) is 10.2. The van der Waals surface area contributed by atoms with Gasteiger partial charge in [0, 0.05) is 30.4 Å². The highest BCUT2D eigenvalue weighted by Crippen LogP contribution is 2.38. The van der Waals surface area contributed by atoms with Gasteiger partial charge in [-0.15, -0.1) is 11.3 Å². The van der Waals surface area contributed by atoms with Crippen LogP contribution in [0.15, 0.2) is 41.8 Å². The second kappa shape index (κ2) is 8.91. The van der Waals surface area contributed by atoms with Crippen molar-refractivity contribution in [2.45, 2.75) is 52.5 Å². The molecule has 3 rings (SSSR count). The maximum atomic E-state index is 13.3. The number of carbonyl (C=O) groups excluding carboxylic acids is 2. The molecule has 28 heavy (non-hydrogen) atoms. The molecule has 0 spiro atoms. The number of piperidine rings is 1. The Kier molecular flexibility index (Phi) is 6.55. The predicted octanol–water partition coefficient (Wildman–Crippen LogP) is 4.50. The maximum absolute atomic E-state index is 13.3. The van der Waals surface area contributed by atoms with Gasteiger partial charge < -0.3 is 10.2 Å². The molecular weight excluding hydrogens is 368 g/mol. The van der Waals surface area contributed by atoms with Crippen LogP contribution in [0.1, 0.15) is 45.6 Å². The lowest BCUT2D eigenvalue weighted by atomic mass is 9.73. The van der Waals surface area contributed by atoms with E-state index in [1.807, 2.05) is 37.8 Å². The first kappa shape index (κ1) is 20.6. The molecule has 5 heteroatoms. The molecule has 1 aromatic carbocycles. The maximum Gasteiger partial charge on any atom is 0.228 e. The molecule has 1 fully saturated rings. The average Bonchev–Trinajstić information content (AvgIpc) is 3.22. The summed E-state index contributed by atoms with van der Waals surface area (Å²) in [5.74, 6) is 0.199. The number of rotatable bonds is 6. The van der Waals surface area contributed by atoms with E-state index in [1.54, 1.807) is 11.3 Å². The van der Waals surface area contributed by atoms with Crippen molar-refractivity contribution in [3.63, 3.8) is 0 Å². The largest absolute Gasteiger partial charge is 0.353 e. The molecule has 0 aliphatic carbocycles. The van der Waals surface area contributed by atoms with Crippen LogP contribution in [-0.4, -0.2) is 35.8 Å². The summed E-state index contributed by atoms with van der Waals surface area (Å²) in [6, 6.07) is 12.6. The molecule has 0 unspecified atom stereocenters. The molecule has 1 saturated heterocycles. The molecule has 2 aromatic rings. The molecular formula is C23H30N2O2S. The molecule has 0 saturated carbocycles. The highest BCUT2D eigenvalue weighted by atomic mass is 32.1. The lowest BCUT2D eigenvalue weighted by Crippen LogP contribution is -2.55. The van der Waals surface area contributed by atoms with E-state index in [2.05, 4.69) is 35.0 Å². The van der Waals surface area contributed by atoms with Gasteiger partial charge in [0.05, 0.1) is 5.41 Å². The normalized spacial score (nSPS) is 19.6. The fourth-order valence-electron chi connectivity index (χ4n) is 4.10. The Balaban J connectivity index is 1.97. The van der Waals surface area contributed by atoms with Crippen molar-refractivity contribution >= 4 is 23.2 Å². The molecule has 4 nitrogen and oxygen atoms in total. The van der Waals surface area contributed by atoms with Crippen LogP contribution >= 0.6 is 11.3 Å². The zero-order valence-corrected chi connectivity index (χ0v) is 17.8. The molecule has 1 atom stereocenters. The zero-order chi connectivity index (χ0) is 20.1. The molecule has 150 valence electrons. The Labute approximate surface area is 172 Å². The number of hydrogen-bond donors (Lipinski definition) is 1. The van der Waals surface area contributed by atoms with Gasteiger partial charge in [0.15, 0.2) is 0 Å². The second-order valence-corrected chi connectivity index (χ2v) is 8.94. The number of likely N-dealkylation sites (tertiary alicyclic amines) is 1. The third-order valence-electron chi connectivity index (χ3n) is 5.47. The van der Waals surface area contributed by atoms with E-state index in [1.165, 1.54) is 16.0 Å². The molecule has 2 heterocycles. The summed E-state index contributed by atoms with van der Waals surface area (Å²) in [7, 11) is 0. The number of carbonyl (C=O) groups is 2. The van der Waals surface area contributed by atoms with Crippen molar-refractivity contribution in [1.82, 2.24) is 10.2 Å². The lowest BCUT2D eigenvalue weighted by molar-refractivity contribution is -0.141. The Morgan fingerprint density at radius 1 is 1.21 bits per heavy atom. The summed E-state index contributed by atoms with van der Waals surface area (Å²) in [6.07, 6.45) is 2.79. The smallest absolute Gasteiger partial charge is 0.228 e. The fourth-order valence-corrected chi connectivity index (χ4v) is 4.89. The van der Waals surface area contributed by atoms with Crippen LogP contribution in [0.2, 0.25) is 0 Å². The van der Waals surface area contributed by atoms with Gasteiger partial charge in [-0.2, -0.15) is 0 Å². The van der Waals surface area contributed by atoms with Gasteiger partial charge in [0.2, 0.25) is 11.8 Å². The topological polar surface area (TPSA) is 49.4 Å². The minimum atomic E-state index is -0.583. The van der Waals surface area contributed by atoms with Gasteiger partial charge in [0.1, 0.15) is 0 Å². The highest BCUT2D eigenvalue weighted by Gasteiger charge is 2.43. The van der Waals surface area contributed by atoms with Gasteiger partial charge >= 0.3 is 0 Å². The minimum absolute atomic E-state index is 0.0667. The van der Waals surface area contributed by atoms with E-state index in [0.29, 0.717) is 19.4 Å². The lowest BCUT2D eigenvalue weighted by Gasteiger charge is -2.42. The van der Waals surface area contributed by atoms with E-state index in [4.69, 9.17) is 0 Å². The van der Waals surface area contributed by atoms with Crippen LogP contribution < -0.4 is 5.32 Å². The molecule has 1 aliphatic rings. The van der Waals surface area contributed by atoms with E-state index in [-0.39, 0.29) is 17.9 Å². The van der Waals surface area contributed by atoms with Crippen molar-refractivity contribution in [2.75, 3.05) is 13.1 Å². The third-order valence-corrected chi connectivity index (χ3v) is 6.37. The summed E-state index contributed by atoms with van der Waals surface area (Å²) in [5.41, 5.74) is 1.78. The van der Waals surface area contributed by atoms with E-state index >= 15 is 0 Å². The second-order valence-electron chi connectivity index (χ2n) is 7.99. The van der Waals surface area contributed by atoms with E-state index < -0.39 is 5.41 Å². The average molecular weight is 399 g/mol. The predicted molar refractivity (Wildman–Crippen MR) is 115 cm³/mol. The SMILES string of the molecule is CCC(=O)N1CCC[C@](Cc2ccccc2-c2cccs2)(C(=O)NC(C)C)C1. The minimum Gasteiger partial charge on any atom is -0.353 e. The van der Waals surface area contributed by atoms with E-state index in [9.17, 15) is 9.59 Å². The molecule has 1 aromatic heterocycles. The monoisotopic (exact) mass is 398 g/mol. The standard InChI is InChI=1S/C23H30N2O2S/c1-4-21(26)25-13-8-12-23(16-25,22(27)24-17(2)3)15-18-9-5-6-10-19(18)20-11-7-14-28-20/h5-7,9-11,14,17H,4,8,12-13,15-16H2,1-3H3,(H,24,27)/t23-/m1/s1. The third kappa shape index (κ3) is 4.46. The number of thiophene rings is 1. The van der Waals surface area contributed by atoms with Crippen molar-refractivity contribution in [1.29, 1.82) is 0 Å².